The van der Waals surface area contributed by atoms with Crippen molar-refractivity contribution in [3.8, 4) is 0 Å². The average Bonchev–Trinajstić information content (AvgIpc) is 2.98. The monoisotopic (exact) mass is 366 g/mol. The van der Waals surface area contributed by atoms with Gasteiger partial charge in [0, 0.05) is 17.8 Å². The van der Waals surface area contributed by atoms with E-state index in [1.54, 1.807) is 24.3 Å². The quantitative estimate of drug-likeness (QED) is 0.379. The minimum absolute atomic E-state index is 0.0159. The molecule has 0 aliphatic rings. The second kappa shape index (κ2) is 7.88. The number of hydrogen-bond acceptors (Lipinski definition) is 4. The lowest BCUT2D eigenvalue weighted by atomic mass is 10.1. The molecule has 3 aromatic rings. The van der Waals surface area contributed by atoms with Gasteiger partial charge >= 0.3 is 6.03 Å². The summed E-state index contributed by atoms with van der Waals surface area (Å²) < 4.78 is 2.04. The van der Waals surface area contributed by atoms with Gasteiger partial charge in [-0.15, -0.1) is 6.58 Å². The molecule has 0 saturated carbocycles. The van der Waals surface area contributed by atoms with E-state index in [2.05, 4.69) is 16.9 Å². The molecule has 2 amide bonds. The summed E-state index contributed by atoms with van der Waals surface area (Å²) in [7, 11) is 0. The largest absolute Gasteiger partial charge is 0.351 e. The van der Waals surface area contributed by atoms with E-state index in [-0.39, 0.29) is 11.5 Å². The van der Waals surface area contributed by atoms with Crippen molar-refractivity contribution in [3.63, 3.8) is 0 Å². The molecule has 0 unspecified atom stereocenters. The van der Waals surface area contributed by atoms with E-state index in [4.69, 9.17) is 5.73 Å². The van der Waals surface area contributed by atoms with Crippen molar-refractivity contribution in [2.45, 2.75) is 11.7 Å². The topological polar surface area (TPSA) is 90.0 Å². The number of ketones is 1. The van der Waals surface area contributed by atoms with E-state index in [1.807, 2.05) is 34.9 Å². The Morgan fingerprint density at radius 2 is 1.92 bits per heavy atom. The molecule has 2 aromatic carbocycles. The second-order valence-corrected chi connectivity index (χ2v) is 6.50. The molecule has 0 bridgehead atoms. The number of anilines is 1. The molecule has 26 heavy (non-hydrogen) atoms. The summed E-state index contributed by atoms with van der Waals surface area (Å²) in [6, 6.07) is 13.8. The Kier molecular flexibility index (Phi) is 5.38. The zero-order valence-corrected chi connectivity index (χ0v) is 14.8. The van der Waals surface area contributed by atoms with Crippen LogP contribution in [0.1, 0.15) is 10.4 Å². The molecular formula is C19H18N4O2S. The molecule has 1 heterocycles. The summed E-state index contributed by atoms with van der Waals surface area (Å²) in [5.41, 5.74) is 8.10. The Morgan fingerprint density at radius 3 is 2.62 bits per heavy atom. The van der Waals surface area contributed by atoms with Crippen LogP contribution in [0.3, 0.4) is 0 Å². The first-order valence-electron chi connectivity index (χ1n) is 7.97. The molecule has 6 nitrogen and oxygen atoms in total. The number of amides is 2. The molecule has 7 heteroatoms. The Morgan fingerprint density at radius 1 is 1.19 bits per heavy atom. The first-order valence-corrected chi connectivity index (χ1v) is 8.95. The van der Waals surface area contributed by atoms with Crippen molar-refractivity contribution in [2.75, 3.05) is 11.1 Å². The summed E-state index contributed by atoms with van der Waals surface area (Å²) in [6.07, 6.45) is 1.81. The molecule has 0 fully saturated rings. The fraction of sp³-hybridized carbons (Fsp3) is 0.105. The van der Waals surface area contributed by atoms with Crippen LogP contribution in [0.4, 0.5) is 10.5 Å². The van der Waals surface area contributed by atoms with Crippen LogP contribution in [-0.4, -0.2) is 27.1 Å². The van der Waals surface area contributed by atoms with Crippen LogP contribution in [0.2, 0.25) is 0 Å². The van der Waals surface area contributed by atoms with Gasteiger partial charge in [-0.3, -0.25) is 4.79 Å². The van der Waals surface area contributed by atoms with E-state index in [0.29, 0.717) is 17.8 Å². The summed E-state index contributed by atoms with van der Waals surface area (Å²) in [6.45, 7) is 4.42. The number of rotatable bonds is 7. The normalized spacial score (nSPS) is 10.6. The number of imidazole rings is 1. The highest BCUT2D eigenvalue weighted by Gasteiger charge is 2.13. The molecule has 0 spiro atoms. The van der Waals surface area contributed by atoms with Crippen LogP contribution >= 0.6 is 11.8 Å². The number of aromatic nitrogens is 2. The van der Waals surface area contributed by atoms with Gasteiger partial charge in [-0.05, 0) is 36.4 Å². The molecule has 1 aromatic heterocycles. The number of primary amides is 1. The number of fused-ring (bicyclic) bond motifs is 1. The maximum absolute atomic E-state index is 12.4. The third-order valence-electron chi connectivity index (χ3n) is 3.74. The molecule has 0 aliphatic carbocycles. The van der Waals surface area contributed by atoms with Gasteiger partial charge in [0.05, 0.1) is 16.8 Å². The first-order chi connectivity index (χ1) is 12.6. The lowest BCUT2D eigenvalue weighted by Crippen LogP contribution is -2.19. The number of carbonyl (C=O) groups is 2. The highest BCUT2D eigenvalue weighted by atomic mass is 32.2. The van der Waals surface area contributed by atoms with Gasteiger partial charge in [-0.2, -0.15) is 0 Å². The Labute approximate surface area is 155 Å². The molecule has 0 radical (unpaired) electrons. The van der Waals surface area contributed by atoms with Gasteiger partial charge in [0.25, 0.3) is 0 Å². The molecular weight excluding hydrogens is 348 g/mol. The van der Waals surface area contributed by atoms with Crippen LogP contribution in [0, 0.1) is 0 Å². The van der Waals surface area contributed by atoms with Gasteiger partial charge in [0.1, 0.15) is 0 Å². The molecule has 0 aliphatic heterocycles. The first kappa shape index (κ1) is 17.8. The van der Waals surface area contributed by atoms with Crippen molar-refractivity contribution in [2.24, 2.45) is 5.73 Å². The zero-order valence-electron chi connectivity index (χ0n) is 14.0. The van der Waals surface area contributed by atoms with Gasteiger partial charge in [-0.25, -0.2) is 9.78 Å². The van der Waals surface area contributed by atoms with Crippen molar-refractivity contribution >= 4 is 40.3 Å². The highest BCUT2D eigenvalue weighted by Crippen LogP contribution is 2.25. The predicted molar refractivity (Wildman–Crippen MR) is 105 cm³/mol. The molecule has 0 saturated heterocycles. The van der Waals surface area contributed by atoms with Gasteiger partial charge in [-0.1, -0.05) is 30.0 Å². The number of nitrogens with one attached hydrogen (secondary N) is 1. The fourth-order valence-electron chi connectivity index (χ4n) is 2.56. The standard InChI is InChI=1S/C19H18N4O2S/c1-2-11-23-16-6-4-3-5-15(16)22-19(23)26-12-17(24)13-7-9-14(10-8-13)21-18(20)25/h2-10H,1,11-12H2,(H3,20,21,25). The van der Waals surface area contributed by atoms with Crippen LogP contribution in [-0.2, 0) is 6.54 Å². The molecule has 0 atom stereocenters. The third kappa shape index (κ3) is 3.94. The van der Waals surface area contributed by atoms with Crippen molar-refractivity contribution < 1.29 is 9.59 Å². The van der Waals surface area contributed by atoms with Crippen LogP contribution < -0.4 is 11.1 Å². The molecule has 132 valence electrons. The fourth-order valence-corrected chi connectivity index (χ4v) is 3.48. The van der Waals surface area contributed by atoms with Crippen LogP contribution in [0.5, 0.6) is 0 Å². The Balaban J connectivity index is 1.73. The van der Waals surface area contributed by atoms with Crippen molar-refractivity contribution in [1.82, 2.24) is 9.55 Å². The SMILES string of the molecule is C=CCn1c(SCC(=O)c2ccc(NC(N)=O)cc2)nc2ccccc21. The second-order valence-electron chi connectivity index (χ2n) is 5.56. The molecule has 3 rings (SSSR count). The Hall–Kier alpha value is -3.06. The number of carbonyl (C=O) groups excluding carboxylic acids is 2. The van der Waals surface area contributed by atoms with Crippen molar-refractivity contribution in [3.05, 3.63) is 66.7 Å². The number of nitrogens with zero attached hydrogens (tertiary/aromatic N) is 2. The maximum atomic E-state index is 12.4. The van der Waals surface area contributed by atoms with E-state index >= 15 is 0 Å². The number of para-hydroxylation sites is 2. The number of nitrogens with two attached hydrogens (primary N) is 1. The third-order valence-corrected chi connectivity index (χ3v) is 4.71. The number of Topliss-reactive ketones (excluding diaryl/α,β-unsaturated/α-hetero) is 1. The minimum atomic E-state index is -0.638. The van der Waals surface area contributed by atoms with E-state index in [9.17, 15) is 9.59 Å². The predicted octanol–water partition coefficient (Wildman–Crippen LogP) is 3.69. The summed E-state index contributed by atoms with van der Waals surface area (Å²) in [5, 5.41) is 3.25. The van der Waals surface area contributed by atoms with Crippen molar-refractivity contribution in [1.29, 1.82) is 0 Å². The van der Waals surface area contributed by atoms with E-state index in [0.717, 1.165) is 16.2 Å². The van der Waals surface area contributed by atoms with Gasteiger partial charge in [0.15, 0.2) is 10.9 Å². The lowest BCUT2D eigenvalue weighted by molar-refractivity contribution is 0.102. The lowest BCUT2D eigenvalue weighted by Gasteiger charge is -2.06. The zero-order chi connectivity index (χ0) is 18.5. The number of hydrogen-bond donors (Lipinski definition) is 2. The Bertz CT molecular complexity index is 963. The van der Waals surface area contributed by atoms with E-state index < -0.39 is 6.03 Å². The minimum Gasteiger partial charge on any atom is -0.351 e. The van der Waals surface area contributed by atoms with Gasteiger partial charge in [0.2, 0.25) is 0 Å². The average molecular weight is 366 g/mol. The summed E-state index contributed by atoms with van der Waals surface area (Å²) >= 11 is 1.40. The van der Waals surface area contributed by atoms with E-state index in [1.165, 1.54) is 11.8 Å². The number of thioether (sulfide) groups is 1. The van der Waals surface area contributed by atoms with Crippen LogP contribution in [0.15, 0.2) is 66.3 Å². The number of allylic oxidation sites excluding steroid dienone is 1. The van der Waals surface area contributed by atoms with Gasteiger partial charge < -0.3 is 15.6 Å². The number of benzene rings is 2. The smallest absolute Gasteiger partial charge is 0.316 e. The van der Waals surface area contributed by atoms with Crippen LogP contribution in [0.25, 0.3) is 11.0 Å². The number of urea groups is 1. The summed E-state index contributed by atoms with van der Waals surface area (Å²) in [4.78, 5) is 27.9. The summed E-state index contributed by atoms with van der Waals surface area (Å²) in [5.74, 6) is 0.251. The highest BCUT2D eigenvalue weighted by molar-refractivity contribution is 7.99. The molecule has 3 N–H and O–H groups in total. The maximum Gasteiger partial charge on any atom is 0.316 e.